The lowest BCUT2D eigenvalue weighted by Gasteiger charge is -2.56. The van der Waals surface area contributed by atoms with Crippen LogP contribution in [0.3, 0.4) is 0 Å². The molecule has 168 valence electrons. The summed E-state index contributed by atoms with van der Waals surface area (Å²) in [5.74, 6) is -0.632. The van der Waals surface area contributed by atoms with Gasteiger partial charge in [-0.05, 0) is 67.0 Å². The largest absolute Gasteiger partial charge is 0.421 e. The summed E-state index contributed by atoms with van der Waals surface area (Å²) in [5.41, 5.74) is 1.88. The number of fused-ring (bicyclic) bond motifs is 1. The molecule has 2 aromatic carbocycles. The average molecular weight is 441 g/mol. The van der Waals surface area contributed by atoms with Crippen LogP contribution in [0.5, 0.6) is 0 Å². The fourth-order valence-electron chi connectivity index (χ4n) is 6.32. The van der Waals surface area contributed by atoms with Gasteiger partial charge in [0, 0.05) is 17.1 Å². The van der Waals surface area contributed by atoms with Gasteiger partial charge in [-0.15, -0.1) is 0 Å². The molecule has 2 aromatic rings. The number of benzene rings is 2. The van der Waals surface area contributed by atoms with Crippen molar-refractivity contribution < 1.29 is 18.0 Å². The van der Waals surface area contributed by atoms with Crippen LogP contribution in [0.4, 0.5) is 18.9 Å². The summed E-state index contributed by atoms with van der Waals surface area (Å²) in [6, 6.07) is 14.3. The van der Waals surface area contributed by atoms with Gasteiger partial charge in [0.25, 0.3) is 5.91 Å². The van der Waals surface area contributed by atoms with Crippen molar-refractivity contribution in [1.82, 2.24) is 5.32 Å². The first-order valence-electron chi connectivity index (χ1n) is 11.4. The molecule has 2 fully saturated rings. The second kappa shape index (κ2) is 8.07. The van der Waals surface area contributed by atoms with Gasteiger partial charge in [0.05, 0.1) is 0 Å². The molecule has 2 aliphatic carbocycles. The lowest BCUT2D eigenvalue weighted by molar-refractivity contribution is -0.126. The summed E-state index contributed by atoms with van der Waals surface area (Å²) in [5, 5.41) is 6.35. The highest BCUT2D eigenvalue weighted by Crippen LogP contribution is 2.55. The predicted octanol–water partition coefficient (Wildman–Crippen LogP) is 5.62. The molecule has 3 atom stereocenters. The van der Waals surface area contributed by atoms with Crippen molar-refractivity contribution >= 4 is 17.7 Å². The standard InChI is InChI=1S/C26H27F3N2O/c27-26(28,29)20(15-17-7-2-1-3-8-17)24(32)31-21-11-6-9-18-16-22-19-10-4-5-12-25(19,23(18)21)13-14-30-22/h1-3,6-9,11,15,19,22,30H,4-5,10,12-14,16H2,(H,31,32)/t19-,22+,25+/m0/s1. The molecule has 0 aromatic heterocycles. The fourth-order valence-corrected chi connectivity index (χ4v) is 6.32. The lowest BCUT2D eigenvalue weighted by Crippen LogP contribution is -2.59. The number of carbonyl (C=O) groups excluding carboxylic acids is 1. The van der Waals surface area contributed by atoms with E-state index in [9.17, 15) is 18.0 Å². The molecule has 2 bridgehead atoms. The number of piperidine rings is 1. The van der Waals surface area contributed by atoms with E-state index in [1.54, 1.807) is 36.4 Å². The first kappa shape index (κ1) is 21.3. The first-order valence-corrected chi connectivity index (χ1v) is 11.4. The molecule has 0 spiro atoms. The van der Waals surface area contributed by atoms with E-state index in [-0.39, 0.29) is 5.41 Å². The van der Waals surface area contributed by atoms with Gasteiger partial charge in [-0.1, -0.05) is 55.3 Å². The van der Waals surface area contributed by atoms with Gasteiger partial charge in [-0.2, -0.15) is 13.2 Å². The second-order valence-corrected chi connectivity index (χ2v) is 9.28. The molecule has 3 nitrogen and oxygen atoms in total. The van der Waals surface area contributed by atoms with Gasteiger partial charge in [0.2, 0.25) is 0 Å². The molecule has 1 amide bonds. The molecule has 1 saturated heterocycles. The summed E-state index contributed by atoms with van der Waals surface area (Å²) in [6.07, 6.45) is 2.45. The molecular formula is C26H27F3N2O. The quantitative estimate of drug-likeness (QED) is 0.609. The van der Waals surface area contributed by atoms with Gasteiger partial charge in [0.15, 0.2) is 0 Å². The SMILES string of the molecule is O=C(Nc1cccc2c1[C@@]13CCCC[C@H]1[C@@H](C2)NCC3)C(=Cc1ccccc1)C(F)(F)F. The summed E-state index contributed by atoms with van der Waals surface area (Å²) in [6.45, 7) is 0.907. The van der Waals surface area contributed by atoms with Crippen molar-refractivity contribution in [3.05, 3.63) is 70.8 Å². The van der Waals surface area contributed by atoms with Crippen LogP contribution in [0.15, 0.2) is 54.1 Å². The van der Waals surface area contributed by atoms with E-state index in [1.807, 2.05) is 6.07 Å². The molecule has 6 heteroatoms. The molecule has 2 N–H and O–H groups in total. The smallest absolute Gasteiger partial charge is 0.322 e. The van der Waals surface area contributed by atoms with Crippen molar-refractivity contribution in [1.29, 1.82) is 0 Å². The number of hydrogen-bond acceptors (Lipinski definition) is 2. The van der Waals surface area contributed by atoms with E-state index in [0.717, 1.165) is 55.9 Å². The Balaban J connectivity index is 1.54. The summed E-state index contributed by atoms with van der Waals surface area (Å²) in [4.78, 5) is 13.0. The molecule has 1 aliphatic heterocycles. The van der Waals surface area contributed by atoms with Crippen molar-refractivity contribution in [3.63, 3.8) is 0 Å². The zero-order chi connectivity index (χ0) is 22.3. The van der Waals surface area contributed by atoms with E-state index < -0.39 is 17.7 Å². The van der Waals surface area contributed by atoms with Gasteiger partial charge < -0.3 is 10.6 Å². The Bertz CT molecular complexity index is 1040. The van der Waals surface area contributed by atoms with Crippen LogP contribution in [0, 0.1) is 5.92 Å². The molecule has 3 aliphatic rings. The summed E-state index contributed by atoms with van der Waals surface area (Å²) in [7, 11) is 0. The topological polar surface area (TPSA) is 41.1 Å². The first-order chi connectivity index (χ1) is 15.4. The predicted molar refractivity (Wildman–Crippen MR) is 119 cm³/mol. The van der Waals surface area contributed by atoms with E-state index in [0.29, 0.717) is 23.2 Å². The second-order valence-electron chi connectivity index (χ2n) is 9.28. The van der Waals surface area contributed by atoms with Crippen molar-refractivity contribution in [3.8, 4) is 0 Å². The Morgan fingerprint density at radius 2 is 1.88 bits per heavy atom. The van der Waals surface area contributed by atoms with Crippen molar-refractivity contribution in [2.45, 2.75) is 56.2 Å². The molecule has 0 unspecified atom stereocenters. The highest BCUT2D eigenvalue weighted by atomic mass is 19.4. The minimum atomic E-state index is -4.75. The third-order valence-electron chi connectivity index (χ3n) is 7.56. The lowest BCUT2D eigenvalue weighted by atomic mass is 9.52. The molecule has 1 heterocycles. The molecule has 1 saturated carbocycles. The fraction of sp³-hybridized carbons (Fsp3) is 0.423. The molecular weight excluding hydrogens is 413 g/mol. The van der Waals surface area contributed by atoms with Crippen LogP contribution in [-0.4, -0.2) is 24.7 Å². The van der Waals surface area contributed by atoms with Crippen LogP contribution >= 0.6 is 0 Å². The van der Waals surface area contributed by atoms with E-state index in [2.05, 4.69) is 16.7 Å². The van der Waals surface area contributed by atoms with Gasteiger partial charge in [-0.25, -0.2) is 0 Å². The Morgan fingerprint density at radius 3 is 2.66 bits per heavy atom. The summed E-state index contributed by atoms with van der Waals surface area (Å²) < 4.78 is 41.5. The maximum absolute atomic E-state index is 13.8. The van der Waals surface area contributed by atoms with E-state index >= 15 is 0 Å². The maximum atomic E-state index is 13.8. The monoisotopic (exact) mass is 440 g/mol. The van der Waals surface area contributed by atoms with Crippen LogP contribution < -0.4 is 10.6 Å². The Hall–Kier alpha value is -2.60. The number of amides is 1. The third-order valence-corrected chi connectivity index (χ3v) is 7.56. The number of nitrogens with one attached hydrogen (secondary N) is 2. The minimum absolute atomic E-state index is 0.0623. The number of alkyl halides is 3. The number of halogens is 3. The number of rotatable bonds is 3. The molecule has 5 rings (SSSR count). The Morgan fingerprint density at radius 1 is 1.06 bits per heavy atom. The van der Waals surface area contributed by atoms with Crippen LogP contribution in [0.2, 0.25) is 0 Å². The Labute approximate surface area is 186 Å². The minimum Gasteiger partial charge on any atom is -0.322 e. The number of hydrogen-bond donors (Lipinski definition) is 2. The zero-order valence-electron chi connectivity index (χ0n) is 17.8. The number of anilines is 1. The van der Waals surface area contributed by atoms with Crippen molar-refractivity contribution in [2.75, 3.05) is 11.9 Å². The van der Waals surface area contributed by atoms with E-state index in [4.69, 9.17) is 0 Å². The number of carbonyl (C=O) groups is 1. The normalized spacial score (nSPS) is 27.3. The molecule has 0 radical (unpaired) electrons. The van der Waals surface area contributed by atoms with Crippen LogP contribution in [0.1, 0.15) is 48.8 Å². The zero-order valence-corrected chi connectivity index (χ0v) is 17.8. The van der Waals surface area contributed by atoms with Crippen molar-refractivity contribution in [2.24, 2.45) is 5.92 Å². The third kappa shape index (κ3) is 3.64. The highest BCUT2D eigenvalue weighted by molar-refractivity contribution is 6.08. The Kier molecular flexibility index (Phi) is 5.36. The van der Waals surface area contributed by atoms with E-state index in [1.165, 1.54) is 6.42 Å². The van der Waals surface area contributed by atoms with Crippen LogP contribution in [-0.2, 0) is 16.6 Å². The van der Waals surface area contributed by atoms with Gasteiger partial charge >= 0.3 is 6.18 Å². The summed E-state index contributed by atoms with van der Waals surface area (Å²) >= 11 is 0. The average Bonchev–Trinajstić information content (AvgIpc) is 2.77. The maximum Gasteiger partial charge on any atom is 0.421 e. The van der Waals surface area contributed by atoms with Gasteiger partial charge in [-0.3, -0.25) is 4.79 Å². The highest BCUT2D eigenvalue weighted by Gasteiger charge is 2.52. The van der Waals surface area contributed by atoms with Gasteiger partial charge in [0.1, 0.15) is 5.57 Å². The van der Waals surface area contributed by atoms with Crippen LogP contribution in [0.25, 0.3) is 6.08 Å². The molecule has 32 heavy (non-hydrogen) atoms.